The Labute approximate surface area is 165 Å². The van der Waals surface area contributed by atoms with Gasteiger partial charge < -0.3 is 18.9 Å². The normalized spacial score (nSPS) is 14.3. The van der Waals surface area contributed by atoms with Gasteiger partial charge >= 0.3 is 0 Å². The maximum absolute atomic E-state index is 5.96. The van der Waals surface area contributed by atoms with Crippen LogP contribution in [0.25, 0.3) is 11.3 Å². The van der Waals surface area contributed by atoms with Gasteiger partial charge in [-0.05, 0) is 25.5 Å². The lowest BCUT2D eigenvalue weighted by Crippen LogP contribution is -2.37. The van der Waals surface area contributed by atoms with E-state index in [2.05, 4.69) is 50.4 Å². The Morgan fingerprint density at radius 3 is 2.61 bits per heavy atom. The van der Waals surface area contributed by atoms with Gasteiger partial charge in [0, 0.05) is 31.0 Å². The molecular formula is C21H25N5O2. The van der Waals surface area contributed by atoms with Gasteiger partial charge in [-0.2, -0.15) is 0 Å². The molecule has 0 atom stereocenters. The minimum atomic E-state index is 0.569. The van der Waals surface area contributed by atoms with Crippen molar-refractivity contribution in [3.63, 3.8) is 0 Å². The van der Waals surface area contributed by atoms with Crippen LogP contribution in [0.5, 0.6) is 5.75 Å². The molecule has 0 unspecified atom stereocenters. The van der Waals surface area contributed by atoms with Crippen molar-refractivity contribution in [1.82, 2.24) is 19.5 Å². The molecule has 1 saturated heterocycles. The van der Waals surface area contributed by atoms with Gasteiger partial charge in [-0.25, -0.2) is 15.0 Å². The fraction of sp³-hybridized carbons (Fsp3) is 0.381. The van der Waals surface area contributed by atoms with Gasteiger partial charge in [0.05, 0.1) is 38.0 Å². The molecule has 1 aliphatic heterocycles. The summed E-state index contributed by atoms with van der Waals surface area (Å²) in [4.78, 5) is 15.5. The Hall–Kier alpha value is -2.93. The van der Waals surface area contributed by atoms with Crippen molar-refractivity contribution in [2.45, 2.75) is 20.4 Å². The minimum Gasteiger partial charge on any atom is -0.491 e. The van der Waals surface area contributed by atoms with Crippen LogP contribution in [-0.4, -0.2) is 52.4 Å². The Morgan fingerprint density at radius 2 is 1.86 bits per heavy atom. The fourth-order valence-electron chi connectivity index (χ4n) is 3.33. The molecule has 28 heavy (non-hydrogen) atoms. The molecule has 0 radical (unpaired) electrons. The van der Waals surface area contributed by atoms with Crippen molar-refractivity contribution < 1.29 is 9.47 Å². The van der Waals surface area contributed by atoms with Crippen LogP contribution >= 0.6 is 0 Å². The Morgan fingerprint density at radius 1 is 1.07 bits per heavy atom. The van der Waals surface area contributed by atoms with E-state index in [9.17, 15) is 0 Å². The number of aromatic nitrogens is 4. The van der Waals surface area contributed by atoms with E-state index >= 15 is 0 Å². The number of rotatable bonds is 6. The minimum absolute atomic E-state index is 0.569. The van der Waals surface area contributed by atoms with Gasteiger partial charge in [0.25, 0.3) is 0 Å². The lowest BCUT2D eigenvalue weighted by atomic mass is 10.1. The molecule has 0 amide bonds. The molecule has 0 saturated carbocycles. The van der Waals surface area contributed by atoms with E-state index in [4.69, 9.17) is 9.47 Å². The van der Waals surface area contributed by atoms with Crippen LogP contribution < -0.4 is 9.64 Å². The molecule has 0 bridgehead atoms. The van der Waals surface area contributed by atoms with E-state index in [1.165, 1.54) is 5.56 Å². The van der Waals surface area contributed by atoms with Crippen LogP contribution in [-0.2, 0) is 11.3 Å². The lowest BCUT2D eigenvalue weighted by molar-refractivity contribution is 0.122. The van der Waals surface area contributed by atoms with Gasteiger partial charge in [-0.1, -0.05) is 17.7 Å². The highest BCUT2D eigenvalue weighted by Gasteiger charge is 2.14. The topological polar surface area (TPSA) is 65.3 Å². The Bertz CT molecular complexity index is 917. The second-order valence-corrected chi connectivity index (χ2v) is 6.96. The van der Waals surface area contributed by atoms with Crippen LogP contribution in [0.4, 0.5) is 5.95 Å². The van der Waals surface area contributed by atoms with E-state index in [1.54, 1.807) is 0 Å². The quantitative estimate of drug-likeness (QED) is 0.656. The maximum atomic E-state index is 5.96. The van der Waals surface area contributed by atoms with Crippen LogP contribution in [0.3, 0.4) is 0 Å². The summed E-state index contributed by atoms with van der Waals surface area (Å²) >= 11 is 0. The molecule has 1 fully saturated rings. The first kappa shape index (κ1) is 18.4. The molecule has 3 heterocycles. The first-order chi connectivity index (χ1) is 13.7. The van der Waals surface area contributed by atoms with Gasteiger partial charge in [-0.15, -0.1) is 0 Å². The summed E-state index contributed by atoms with van der Waals surface area (Å²) in [6, 6.07) is 6.22. The number of benzene rings is 1. The smallest absolute Gasteiger partial charge is 0.225 e. The number of nitrogens with zero attached hydrogens (tertiary/aromatic N) is 5. The third-order valence-corrected chi connectivity index (χ3v) is 4.86. The van der Waals surface area contributed by atoms with Crippen molar-refractivity contribution in [2.75, 3.05) is 37.8 Å². The molecule has 7 heteroatoms. The van der Waals surface area contributed by atoms with Crippen LogP contribution in [0, 0.1) is 13.8 Å². The summed E-state index contributed by atoms with van der Waals surface area (Å²) in [5.41, 5.74) is 4.32. The monoisotopic (exact) mass is 379 g/mol. The van der Waals surface area contributed by atoms with E-state index in [1.807, 2.05) is 31.0 Å². The van der Waals surface area contributed by atoms with Crippen LogP contribution in [0.15, 0.2) is 43.1 Å². The molecule has 3 aromatic rings. The van der Waals surface area contributed by atoms with Crippen molar-refractivity contribution in [2.24, 2.45) is 0 Å². The van der Waals surface area contributed by atoms with Gasteiger partial charge in [0.1, 0.15) is 12.4 Å². The lowest BCUT2D eigenvalue weighted by Gasteiger charge is -2.26. The molecular weight excluding hydrogens is 354 g/mol. The average Bonchev–Trinajstić information content (AvgIpc) is 3.19. The molecule has 0 aliphatic carbocycles. The molecule has 146 valence electrons. The zero-order valence-electron chi connectivity index (χ0n) is 16.3. The number of aryl methyl sites for hydroxylation is 2. The molecule has 1 aromatic carbocycles. The second kappa shape index (κ2) is 8.39. The first-order valence-electron chi connectivity index (χ1n) is 9.56. The summed E-state index contributed by atoms with van der Waals surface area (Å²) in [5, 5.41) is 0. The Kier molecular flexibility index (Phi) is 5.53. The van der Waals surface area contributed by atoms with E-state index in [0.29, 0.717) is 13.2 Å². The molecule has 0 spiro atoms. The fourth-order valence-corrected chi connectivity index (χ4v) is 3.33. The van der Waals surface area contributed by atoms with E-state index < -0.39 is 0 Å². The van der Waals surface area contributed by atoms with Crippen molar-refractivity contribution in [1.29, 1.82) is 0 Å². The number of ether oxygens (including phenoxy) is 2. The van der Waals surface area contributed by atoms with E-state index in [0.717, 1.165) is 54.8 Å². The number of morpholine rings is 1. The van der Waals surface area contributed by atoms with Gasteiger partial charge in [-0.3, -0.25) is 0 Å². The summed E-state index contributed by atoms with van der Waals surface area (Å²) in [6.07, 6.45) is 7.37. The maximum Gasteiger partial charge on any atom is 0.225 e. The molecule has 4 rings (SSSR count). The number of hydrogen-bond donors (Lipinski definition) is 0. The summed E-state index contributed by atoms with van der Waals surface area (Å²) in [6.45, 7) is 8.52. The third kappa shape index (κ3) is 4.14. The molecule has 7 nitrogen and oxygen atoms in total. The number of anilines is 1. The highest BCUT2D eigenvalue weighted by Crippen LogP contribution is 2.21. The van der Waals surface area contributed by atoms with Gasteiger partial charge in [0.15, 0.2) is 0 Å². The van der Waals surface area contributed by atoms with Crippen LogP contribution in [0.1, 0.15) is 11.1 Å². The second-order valence-electron chi connectivity index (χ2n) is 6.96. The zero-order valence-corrected chi connectivity index (χ0v) is 16.3. The van der Waals surface area contributed by atoms with Crippen molar-refractivity contribution >= 4 is 5.95 Å². The number of imidazole rings is 1. The average molecular weight is 379 g/mol. The SMILES string of the molecule is Cc1ccc(OCCn2cncc2-c2cnc(N3CCOCC3)nc2)c(C)c1. The number of hydrogen-bond acceptors (Lipinski definition) is 6. The van der Waals surface area contributed by atoms with E-state index in [-0.39, 0.29) is 0 Å². The third-order valence-electron chi connectivity index (χ3n) is 4.86. The first-order valence-corrected chi connectivity index (χ1v) is 9.56. The predicted molar refractivity (Wildman–Crippen MR) is 108 cm³/mol. The zero-order chi connectivity index (χ0) is 19.3. The predicted octanol–water partition coefficient (Wildman–Crippen LogP) is 2.87. The Balaban J connectivity index is 1.40. The molecule has 0 N–H and O–H groups in total. The summed E-state index contributed by atoms with van der Waals surface area (Å²) < 4.78 is 13.4. The highest BCUT2D eigenvalue weighted by atomic mass is 16.5. The van der Waals surface area contributed by atoms with Crippen LogP contribution in [0.2, 0.25) is 0 Å². The standard InChI is InChI=1S/C21H25N5O2/c1-16-3-4-20(17(2)11-16)28-10-7-26-15-22-14-19(26)18-12-23-21(24-13-18)25-5-8-27-9-6-25/h3-4,11-15H,5-10H2,1-2H3. The summed E-state index contributed by atoms with van der Waals surface area (Å²) in [5.74, 6) is 1.67. The van der Waals surface area contributed by atoms with Crippen molar-refractivity contribution in [3.05, 3.63) is 54.2 Å². The summed E-state index contributed by atoms with van der Waals surface area (Å²) in [7, 11) is 0. The highest BCUT2D eigenvalue weighted by molar-refractivity contribution is 5.57. The van der Waals surface area contributed by atoms with Gasteiger partial charge in [0.2, 0.25) is 5.95 Å². The largest absolute Gasteiger partial charge is 0.491 e. The molecule has 2 aromatic heterocycles. The molecule has 1 aliphatic rings. The van der Waals surface area contributed by atoms with Crippen molar-refractivity contribution in [3.8, 4) is 17.0 Å².